The van der Waals surface area contributed by atoms with Crippen molar-refractivity contribution in [2.75, 3.05) is 5.06 Å². The zero-order chi connectivity index (χ0) is 17.2. The van der Waals surface area contributed by atoms with Gasteiger partial charge in [0.05, 0.1) is 18.2 Å². The van der Waals surface area contributed by atoms with Crippen LogP contribution in [0.25, 0.3) is 0 Å². The number of para-hydroxylation sites is 1. The second-order valence-corrected chi connectivity index (χ2v) is 5.79. The predicted octanol–water partition coefficient (Wildman–Crippen LogP) is 3.42. The lowest BCUT2D eigenvalue weighted by Crippen LogP contribution is -2.42. The summed E-state index contributed by atoms with van der Waals surface area (Å²) in [4.78, 5) is 29.7. The van der Waals surface area contributed by atoms with Gasteiger partial charge in [-0.1, -0.05) is 48.5 Å². The van der Waals surface area contributed by atoms with Crippen molar-refractivity contribution in [2.45, 2.75) is 32.1 Å². The number of nitrogens with zero attached hydrogens (tertiary/aromatic N) is 1. The van der Waals surface area contributed by atoms with Crippen LogP contribution in [-0.2, 0) is 19.2 Å². The number of carbonyl (C=O) groups excluding carboxylic acids is 2. The molecule has 0 aromatic heterocycles. The Kier molecular flexibility index (Phi) is 4.36. The van der Waals surface area contributed by atoms with Gasteiger partial charge in [-0.2, -0.15) is 0 Å². The maximum absolute atomic E-state index is 12.2. The molecule has 124 valence electrons. The highest BCUT2D eigenvalue weighted by Crippen LogP contribution is 2.44. The number of ether oxygens (including phenoxy) is 1. The average Bonchev–Trinajstić information content (AvgIpc) is 2.97. The topological polar surface area (TPSA) is 55.8 Å². The molecule has 3 rings (SSSR count). The number of Topliss-reactive ketones (excluding diaryl/α,β-unsaturated/α-hetero) is 1. The molecule has 0 saturated carbocycles. The lowest BCUT2D eigenvalue weighted by atomic mass is 9.97. The monoisotopic (exact) mass is 325 g/mol. The van der Waals surface area contributed by atoms with Gasteiger partial charge >= 0.3 is 5.97 Å². The number of rotatable bonds is 4. The summed E-state index contributed by atoms with van der Waals surface area (Å²) in [6, 6.07) is 18.9. The molecule has 0 spiro atoms. The molecule has 5 heteroatoms. The molecule has 24 heavy (non-hydrogen) atoms. The second kappa shape index (κ2) is 6.45. The average molecular weight is 325 g/mol. The van der Waals surface area contributed by atoms with Crippen LogP contribution >= 0.6 is 0 Å². The Balaban J connectivity index is 2.04. The van der Waals surface area contributed by atoms with Crippen LogP contribution in [0.3, 0.4) is 0 Å². The first-order valence-electron chi connectivity index (χ1n) is 7.81. The van der Waals surface area contributed by atoms with E-state index in [0.29, 0.717) is 0 Å². The van der Waals surface area contributed by atoms with Crippen LogP contribution in [0.4, 0.5) is 5.69 Å². The molecule has 0 unspecified atom stereocenters. The molecule has 0 bridgehead atoms. The Bertz CT molecular complexity index is 682. The number of carbonyl (C=O) groups is 2. The molecular formula is C19H19NO4. The van der Waals surface area contributed by atoms with Crippen LogP contribution in [0.1, 0.15) is 31.9 Å². The van der Waals surface area contributed by atoms with Crippen LogP contribution in [0, 0.1) is 0 Å². The highest BCUT2D eigenvalue weighted by atomic mass is 16.8. The Morgan fingerprint density at radius 1 is 1.04 bits per heavy atom. The van der Waals surface area contributed by atoms with E-state index in [-0.39, 0.29) is 18.2 Å². The first kappa shape index (κ1) is 16.2. The van der Waals surface area contributed by atoms with Gasteiger partial charge in [-0.05, 0) is 17.7 Å². The quantitative estimate of drug-likeness (QED) is 0.806. The highest BCUT2D eigenvalue weighted by Gasteiger charge is 2.53. The molecule has 1 aliphatic rings. The second-order valence-electron chi connectivity index (χ2n) is 5.79. The summed E-state index contributed by atoms with van der Waals surface area (Å²) in [6.07, 6.45) is 0.237. The molecule has 5 nitrogen and oxygen atoms in total. The smallest absolute Gasteiger partial charge is 0.305 e. The van der Waals surface area contributed by atoms with E-state index in [0.717, 1.165) is 11.3 Å². The van der Waals surface area contributed by atoms with E-state index in [9.17, 15) is 9.59 Å². The maximum atomic E-state index is 12.2. The van der Waals surface area contributed by atoms with Gasteiger partial charge in [0, 0.05) is 13.8 Å². The molecule has 2 aromatic carbocycles. The first-order valence-corrected chi connectivity index (χ1v) is 7.81. The third-order valence-corrected chi connectivity index (χ3v) is 4.03. The Morgan fingerprint density at radius 3 is 2.17 bits per heavy atom. The molecule has 0 aliphatic carbocycles. The number of benzene rings is 2. The predicted molar refractivity (Wildman–Crippen MR) is 89.0 cm³/mol. The van der Waals surface area contributed by atoms with E-state index >= 15 is 0 Å². The Morgan fingerprint density at radius 2 is 1.62 bits per heavy atom. The third-order valence-electron chi connectivity index (χ3n) is 4.03. The van der Waals surface area contributed by atoms with E-state index in [1.807, 2.05) is 60.7 Å². The molecule has 2 aromatic rings. The fraction of sp³-hybridized carbons (Fsp3) is 0.263. The van der Waals surface area contributed by atoms with E-state index in [4.69, 9.17) is 9.57 Å². The number of hydrogen-bond donors (Lipinski definition) is 0. The van der Waals surface area contributed by atoms with Gasteiger partial charge in [-0.15, -0.1) is 0 Å². The van der Waals surface area contributed by atoms with Gasteiger partial charge in [0.1, 0.15) is 0 Å². The van der Waals surface area contributed by atoms with E-state index in [1.54, 1.807) is 5.06 Å². The third kappa shape index (κ3) is 3.03. The van der Waals surface area contributed by atoms with Gasteiger partial charge < -0.3 is 4.74 Å². The van der Waals surface area contributed by atoms with E-state index in [2.05, 4.69) is 0 Å². The minimum absolute atomic E-state index is 0.237. The molecule has 0 amide bonds. The Labute approximate surface area is 140 Å². The zero-order valence-electron chi connectivity index (χ0n) is 13.6. The molecule has 0 radical (unpaired) electrons. The van der Waals surface area contributed by atoms with Crippen molar-refractivity contribution < 1.29 is 19.2 Å². The molecule has 1 saturated heterocycles. The number of anilines is 1. The SMILES string of the molecule is CC(=O)O[C@]1(C(C)=O)C[C@H](c2ccccc2)N(c2ccccc2)O1. The summed E-state index contributed by atoms with van der Waals surface area (Å²) in [5.74, 6) is -2.48. The molecule has 1 aliphatic heterocycles. The summed E-state index contributed by atoms with van der Waals surface area (Å²) < 4.78 is 5.31. The number of hydrogen-bond acceptors (Lipinski definition) is 5. The highest BCUT2D eigenvalue weighted by molar-refractivity contribution is 5.86. The van der Waals surface area contributed by atoms with Gasteiger partial charge in [0.2, 0.25) is 5.78 Å². The van der Waals surface area contributed by atoms with E-state index in [1.165, 1.54) is 13.8 Å². The summed E-state index contributed by atoms with van der Waals surface area (Å²) >= 11 is 0. The summed E-state index contributed by atoms with van der Waals surface area (Å²) in [5.41, 5.74) is 1.78. The molecule has 0 N–H and O–H groups in total. The largest absolute Gasteiger partial charge is 0.423 e. The number of ketones is 1. The van der Waals surface area contributed by atoms with Crippen molar-refractivity contribution >= 4 is 17.4 Å². The molecule has 1 fully saturated rings. The minimum Gasteiger partial charge on any atom is -0.423 e. The summed E-state index contributed by atoms with van der Waals surface area (Å²) in [7, 11) is 0. The van der Waals surface area contributed by atoms with E-state index < -0.39 is 11.8 Å². The molecule has 2 atom stereocenters. The van der Waals surface area contributed by atoms with Crippen LogP contribution in [0.5, 0.6) is 0 Å². The van der Waals surface area contributed by atoms with Crippen LogP contribution in [-0.4, -0.2) is 17.5 Å². The number of hydroxylamine groups is 1. The van der Waals surface area contributed by atoms with Gasteiger partial charge in [0.25, 0.3) is 5.79 Å². The maximum Gasteiger partial charge on any atom is 0.305 e. The normalized spacial score (nSPS) is 23.1. The van der Waals surface area contributed by atoms with Gasteiger partial charge in [-0.25, -0.2) is 9.90 Å². The van der Waals surface area contributed by atoms with Crippen LogP contribution in [0.15, 0.2) is 60.7 Å². The van der Waals surface area contributed by atoms with Crippen molar-refractivity contribution in [1.82, 2.24) is 0 Å². The fourth-order valence-electron chi connectivity index (χ4n) is 2.91. The lowest BCUT2D eigenvalue weighted by molar-refractivity contribution is -0.213. The van der Waals surface area contributed by atoms with Crippen molar-refractivity contribution in [1.29, 1.82) is 0 Å². The lowest BCUT2D eigenvalue weighted by Gasteiger charge is -2.27. The fourth-order valence-corrected chi connectivity index (χ4v) is 2.91. The Hall–Kier alpha value is -2.66. The summed E-state index contributed by atoms with van der Waals surface area (Å²) in [5, 5.41) is 1.65. The summed E-state index contributed by atoms with van der Waals surface area (Å²) in [6.45, 7) is 2.65. The standard InChI is InChI=1S/C19H19NO4/c1-14(21)19(23-15(2)22)13-18(16-9-5-3-6-10-16)20(24-19)17-11-7-4-8-12-17/h3-12,18H,13H2,1-2H3/t18-,19-/m1/s1. The molecule has 1 heterocycles. The first-order chi connectivity index (χ1) is 11.5. The molecular weight excluding hydrogens is 306 g/mol. The minimum atomic E-state index is -1.60. The van der Waals surface area contributed by atoms with Crippen LogP contribution in [0.2, 0.25) is 0 Å². The van der Waals surface area contributed by atoms with Crippen LogP contribution < -0.4 is 5.06 Å². The van der Waals surface area contributed by atoms with Crippen molar-refractivity contribution in [3.63, 3.8) is 0 Å². The van der Waals surface area contributed by atoms with Crippen molar-refractivity contribution in [3.05, 3.63) is 66.2 Å². The van der Waals surface area contributed by atoms with Gasteiger partial charge in [0.15, 0.2) is 0 Å². The number of esters is 1. The van der Waals surface area contributed by atoms with Crippen molar-refractivity contribution in [2.24, 2.45) is 0 Å². The zero-order valence-corrected chi connectivity index (χ0v) is 13.6. The van der Waals surface area contributed by atoms with Gasteiger partial charge in [-0.3, -0.25) is 9.59 Å². The van der Waals surface area contributed by atoms with Crippen molar-refractivity contribution in [3.8, 4) is 0 Å².